The van der Waals surface area contributed by atoms with E-state index in [9.17, 15) is 4.79 Å². The van der Waals surface area contributed by atoms with Crippen molar-refractivity contribution >= 4 is 17.5 Å². The Morgan fingerprint density at radius 1 is 1.67 bits per heavy atom. The number of thioether (sulfide) groups is 1. The van der Waals surface area contributed by atoms with E-state index in [4.69, 9.17) is 4.74 Å². The Hall–Kier alpha value is -0.0200. The van der Waals surface area contributed by atoms with E-state index in [-0.39, 0.29) is 12.0 Å². The second-order valence-electron chi connectivity index (χ2n) is 3.29. The lowest BCUT2D eigenvalue weighted by Crippen LogP contribution is -2.14. The summed E-state index contributed by atoms with van der Waals surface area (Å²) in [4.78, 5) is 11.5. The van der Waals surface area contributed by atoms with Gasteiger partial charge < -0.3 is 4.74 Å². The van der Waals surface area contributed by atoms with Gasteiger partial charge in [0.1, 0.15) is 5.78 Å². The summed E-state index contributed by atoms with van der Waals surface area (Å²) in [6.07, 6.45) is 3.95. The monoisotopic (exact) mass is 188 g/mol. The molecule has 2 nitrogen and oxygen atoms in total. The molecule has 1 heterocycles. The van der Waals surface area contributed by atoms with Crippen LogP contribution in [0.2, 0.25) is 0 Å². The molecule has 3 heteroatoms. The Kier molecular flexibility index (Phi) is 4.09. The standard InChI is InChI=1S/C9H16O2S/c1-7-5-8(6-11-7)9(10)3-4-12-2/h7-8H,3-6H2,1-2H3. The lowest BCUT2D eigenvalue weighted by Gasteiger charge is -2.04. The maximum absolute atomic E-state index is 11.5. The largest absolute Gasteiger partial charge is 0.378 e. The zero-order valence-electron chi connectivity index (χ0n) is 7.71. The predicted octanol–water partition coefficient (Wildman–Crippen LogP) is 1.73. The summed E-state index contributed by atoms with van der Waals surface area (Å²) in [5.41, 5.74) is 0. The molecule has 1 aliphatic heterocycles. The lowest BCUT2D eigenvalue weighted by molar-refractivity contribution is -0.122. The normalized spacial score (nSPS) is 29.2. The van der Waals surface area contributed by atoms with Gasteiger partial charge in [-0.05, 0) is 25.4 Å². The van der Waals surface area contributed by atoms with Crippen LogP contribution in [0.1, 0.15) is 19.8 Å². The number of carbonyl (C=O) groups excluding carboxylic acids is 1. The molecule has 0 aromatic carbocycles. The smallest absolute Gasteiger partial charge is 0.139 e. The third kappa shape index (κ3) is 2.79. The topological polar surface area (TPSA) is 26.3 Å². The van der Waals surface area contributed by atoms with Crippen LogP contribution in [-0.2, 0) is 9.53 Å². The number of ether oxygens (including phenoxy) is 1. The Morgan fingerprint density at radius 3 is 2.92 bits per heavy atom. The quantitative estimate of drug-likeness (QED) is 0.672. The van der Waals surface area contributed by atoms with E-state index in [1.807, 2.05) is 13.2 Å². The Balaban J connectivity index is 2.23. The molecule has 0 aromatic heterocycles. The van der Waals surface area contributed by atoms with Crippen molar-refractivity contribution in [2.24, 2.45) is 5.92 Å². The minimum absolute atomic E-state index is 0.187. The highest BCUT2D eigenvalue weighted by Crippen LogP contribution is 2.21. The molecular weight excluding hydrogens is 172 g/mol. The van der Waals surface area contributed by atoms with Crippen molar-refractivity contribution < 1.29 is 9.53 Å². The molecule has 0 spiro atoms. The van der Waals surface area contributed by atoms with E-state index < -0.39 is 0 Å². The van der Waals surface area contributed by atoms with Crippen molar-refractivity contribution in [1.29, 1.82) is 0 Å². The number of hydrogen-bond donors (Lipinski definition) is 0. The maximum atomic E-state index is 11.5. The zero-order valence-corrected chi connectivity index (χ0v) is 8.52. The van der Waals surface area contributed by atoms with Gasteiger partial charge in [0.25, 0.3) is 0 Å². The van der Waals surface area contributed by atoms with Gasteiger partial charge >= 0.3 is 0 Å². The van der Waals surface area contributed by atoms with Gasteiger partial charge in [-0.3, -0.25) is 4.79 Å². The van der Waals surface area contributed by atoms with E-state index in [0.29, 0.717) is 18.8 Å². The van der Waals surface area contributed by atoms with Crippen LogP contribution in [0.4, 0.5) is 0 Å². The first-order valence-corrected chi connectivity index (χ1v) is 5.76. The molecule has 1 rings (SSSR count). The van der Waals surface area contributed by atoms with E-state index in [1.165, 1.54) is 0 Å². The lowest BCUT2D eigenvalue weighted by atomic mass is 9.99. The van der Waals surface area contributed by atoms with Crippen molar-refractivity contribution in [2.45, 2.75) is 25.9 Å². The highest BCUT2D eigenvalue weighted by molar-refractivity contribution is 7.98. The molecular formula is C9H16O2S. The van der Waals surface area contributed by atoms with Gasteiger partial charge in [-0.25, -0.2) is 0 Å². The van der Waals surface area contributed by atoms with Gasteiger partial charge in [-0.15, -0.1) is 0 Å². The summed E-state index contributed by atoms with van der Waals surface area (Å²) in [6, 6.07) is 0. The first-order chi connectivity index (χ1) is 5.74. The molecule has 0 radical (unpaired) electrons. The van der Waals surface area contributed by atoms with E-state index in [1.54, 1.807) is 11.8 Å². The zero-order chi connectivity index (χ0) is 8.97. The molecule has 0 amide bonds. The highest BCUT2D eigenvalue weighted by Gasteiger charge is 2.27. The first kappa shape index (κ1) is 10.1. The van der Waals surface area contributed by atoms with Crippen molar-refractivity contribution in [3.05, 3.63) is 0 Å². The molecule has 70 valence electrons. The van der Waals surface area contributed by atoms with Crippen molar-refractivity contribution in [3.63, 3.8) is 0 Å². The molecule has 1 aliphatic rings. The Labute approximate surface area is 78.1 Å². The second-order valence-corrected chi connectivity index (χ2v) is 4.27. The molecule has 0 bridgehead atoms. The van der Waals surface area contributed by atoms with Crippen molar-refractivity contribution in [3.8, 4) is 0 Å². The SMILES string of the molecule is CSCCC(=O)C1COC(C)C1. The Bertz CT molecular complexity index is 159. The fourth-order valence-corrected chi connectivity index (χ4v) is 1.85. The third-order valence-corrected chi connectivity index (χ3v) is 2.82. The van der Waals surface area contributed by atoms with E-state index in [2.05, 4.69) is 0 Å². The molecule has 2 unspecified atom stereocenters. The van der Waals surface area contributed by atoms with Crippen LogP contribution in [0.3, 0.4) is 0 Å². The Morgan fingerprint density at radius 2 is 2.42 bits per heavy atom. The summed E-state index contributed by atoms with van der Waals surface area (Å²) < 4.78 is 5.34. The van der Waals surface area contributed by atoms with Crippen LogP contribution in [0.15, 0.2) is 0 Å². The molecule has 0 N–H and O–H groups in total. The van der Waals surface area contributed by atoms with Gasteiger partial charge in [-0.2, -0.15) is 11.8 Å². The molecule has 2 atom stereocenters. The minimum Gasteiger partial charge on any atom is -0.378 e. The predicted molar refractivity (Wildman–Crippen MR) is 51.5 cm³/mol. The van der Waals surface area contributed by atoms with Crippen LogP contribution in [0.5, 0.6) is 0 Å². The van der Waals surface area contributed by atoms with Gasteiger partial charge in [0, 0.05) is 12.3 Å². The molecule has 1 fully saturated rings. The van der Waals surface area contributed by atoms with Gasteiger partial charge in [0.05, 0.1) is 12.7 Å². The third-order valence-electron chi connectivity index (χ3n) is 2.21. The van der Waals surface area contributed by atoms with Gasteiger partial charge in [-0.1, -0.05) is 0 Å². The number of carbonyl (C=O) groups is 1. The summed E-state index contributed by atoms with van der Waals surface area (Å²) >= 11 is 1.73. The average molecular weight is 188 g/mol. The van der Waals surface area contributed by atoms with Crippen molar-refractivity contribution in [2.75, 3.05) is 18.6 Å². The summed E-state index contributed by atoms with van der Waals surface area (Å²) in [5.74, 6) is 1.52. The molecule has 0 aromatic rings. The fourth-order valence-electron chi connectivity index (χ4n) is 1.45. The highest BCUT2D eigenvalue weighted by atomic mass is 32.2. The van der Waals surface area contributed by atoms with Gasteiger partial charge in [0.2, 0.25) is 0 Å². The summed E-state index contributed by atoms with van der Waals surface area (Å²) in [5, 5.41) is 0. The second kappa shape index (κ2) is 4.87. The van der Waals surface area contributed by atoms with Crippen molar-refractivity contribution in [1.82, 2.24) is 0 Å². The van der Waals surface area contributed by atoms with Crippen LogP contribution in [0.25, 0.3) is 0 Å². The van der Waals surface area contributed by atoms with Crippen LogP contribution >= 0.6 is 11.8 Å². The summed E-state index contributed by atoms with van der Waals surface area (Å²) in [7, 11) is 0. The minimum atomic E-state index is 0.187. The molecule has 12 heavy (non-hydrogen) atoms. The molecule has 0 saturated carbocycles. The molecule has 0 aliphatic carbocycles. The van der Waals surface area contributed by atoms with Crippen LogP contribution in [0, 0.1) is 5.92 Å². The maximum Gasteiger partial charge on any atom is 0.139 e. The fraction of sp³-hybridized carbons (Fsp3) is 0.889. The number of hydrogen-bond acceptors (Lipinski definition) is 3. The number of ketones is 1. The van der Waals surface area contributed by atoms with Crippen LogP contribution < -0.4 is 0 Å². The number of Topliss-reactive ketones (excluding diaryl/α,β-unsaturated/α-hetero) is 1. The van der Waals surface area contributed by atoms with Gasteiger partial charge in [0.15, 0.2) is 0 Å². The first-order valence-electron chi connectivity index (χ1n) is 4.37. The molecule has 1 saturated heterocycles. The van der Waals surface area contributed by atoms with E-state index >= 15 is 0 Å². The number of rotatable bonds is 4. The average Bonchev–Trinajstić information content (AvgIpc) is 2.47. The van der Waals surface area contributed by atoms with E-state index in [0.717, 1.165) is 12.2 Å². The van der Waals surface area contributed by atoms with Crippen LogP contribution in [-0.4, -0.2) is 30.5 Å². The summed E-state index contributed by atoms with van der Waals surface area (Å²) in [6.45, 7) is 2.68.